The average Bonchev–Trinajstić information content (AvgIpc) is 2.38. The highest BCUT2D eigenvalue weighted by Crippen LogP contribution is 2.29. The maximum atomic E-state index is 11.0. The van der Waals surface area contributed by atoms with Crippen molar-refractivity contribution in [2.24, 2.45) is 0 Å². The molecule has 1 heterocycles. The first-order valence-electron chi connectivity index (χ1n) is 5.16. The van der Waals surface area contributed by atoms with E-state index in [1.165, 1.54) is 0 Å². The van der Waals surface area contributed by atoms with Crippen molar-refractivity contribution >= 4 is 44.8 Å². The van der Waals surface area contributed by atoms with Crippen LogP contribution in [0.25, 0.3) is 0 Å². The van der Waals surface area contributed by atoms with E-state index in [4.69, 9.17) is 4.74 Å². The summed E-state index contributed by atoms with van der Waals surface area (Å²) in [4.78, 5) is 15.0. The molecule has 0 spiro atoms. The molecular weight excluding hydrogens is 409 g/mol. The zero-order chi connectivity index (χ0) is 13.0. The standard InChI is InChI=1S/C13H9BrINO2/c14-11-4-10(7-17)13(12(15)5-11)18-8-9-2-1-3-16-6-9/h1-7H,8H2. The van der Waals surface area contributed by atoms with Crippen LogP contribution in [0.2, 0.25) is 0 Å². The predicted octanol–water partition coefficient (Wildman–Crippen LogP) is 3.84. The van der Waals surface area contributed by atoms with Gasteiger partial charge < -0.3 is 4.74 Å². The number of halogens is 2. The summed E-state index contributed by atoms with van der Waals surface area (Å²) in [6.45, 7) is 0.395. The van der Waals surface area contributed by atoms with E-state index in [9.17, 15) is 4.79 Å². The number of ether oxygens (including phenoxy) is 1. The monoisotopic (exact) mass is 417 g/mol. The number of pyridine rings is 1. The van der Waals surface area contributed by atoms with E-state index in [0.29, 0.717) is 17.9 Å². The topological polar surface area (TPSA) is 39.2 Å². The highest BCUT2D eigenvalue weighted by atomic mass is 127. The van der Waals surface area contributed by atoms with Gasteiger partial charge in [0, 0.05) is 22.4 Å². The molecule has 0 unspecified atom stereocenters. The number of aromatic nitrogens is 1. The van der Waals surface area contributed by atoms with E-state index in [1.807, 2.05) is 18.2 Å². The Balaban J connectivity index is 2.21. The summed E-state index contributed by atoms with van der Waals surface area (Å²) in [6, 6.07) is 7.44. The van der Waals surface area contributed by atoms with Gasteiger partial charge in [0.25, 0.3) is 0 Å². The molecular formula is C13H9BrINO2. The predicted molar refractivity (Wildman–Crippen MR) is 80.8 cm³/mol. The lowest BCUT2D eigenvalue weighted by atomic mass is 10.2. The van der Waals surface area contributed by atoms with Crippen LogP contribution in [0.4, 0.5) is 0 Å². The molecule has 0 aliphatic heterocycles. The zero-order valence-corrected chi connectivity index (χ0v) is 13.0. The first-order chi connectivity index (χ1) is 8.70. The molecule has 0 amide bonds. The van der Waals surface area contributed by atoms with Gasteiger partial charge >= 0.3 is 0 Å². The number of benzene rings is 1. The van der Waals surface area contributed by atoms with E-state index in [-0.39, 0.29) is 0 Å². The van der Waals surface area contributed by atoms with Gasteiger partial charge in [-0.1, -0.05) is 22.0 Å². The fourth-order valence-corrected chi connectivity index (χ4v) is 3.17. The maximum absolute atomic E-state index is 11.0. The molecule has 0 aliphatic rings. The molecule has 0 atom stereocenters. The summed E-state index contributed by atoms with van der Waals surface area (Å²) in [7, 11) is 0. The molecule has 0 aliphatic carbocycles. The first-order valence-corrected chi connectivity index (χ1v) is 7.04. The van der Waals surface area contributed by atoms with Gasteiger partial charge in [0.2, 0.25) is 0 Å². The third-order valence-corrected chi connectivity index (χ3v) is 3.53. The largest absolute Gasteiger partial charge is 0.487 e. The van der Waals surface area contributed by atoms with Crippen molar-refractivity contribution in [3.63, 3.8) is 0 Å². The van der Waals surface area contributed by atoms with Gasteiger partial charge in [-0.05, 0) is 40.8 Å². The van der Waals surface area contributed by atoms with E-state index in [1.54, 1.807) is 18.5 Å². The molecule has 2 rings (SSSR count). The zero-order valence-electron chi connectivity index (χ0n) is 9.27. The van der Waals surface area contributed by atoms with Gasteiger partial charge in [0.1, 0.15) is 12.4 Å². The second-order valence-electron chi connectivity index (χ2n) is 3.57. The molecule has 0 bridgehead atoms. The molecule has 1 aromatic carbocycles. The van der Waals surface area contributed by atoms with Crippen LogP contribution in [-0.2, 0) is 6.61 Å². The van der Waals surface area contributed by atoms with Crippen molar-refractivity contribution in [1.29, 1.82) is 0 Å². The second kappa shape index (κ2) is 6.29. The molecule has 1 aromatic heterocycles. The van der Waals surface area contributed by atoms with Gasteiger partial charge in [0.05, 0.1) is 9.13 Å². The number of hydrogen-bond donors (Lipinski definition) is 0. The van der Waals surface area contributed by atoms with Gasteiger partial charge in [-0.3, -0.25) is 9.78 Å². The van der Waals surface area contributed by atoms with Crippen molar-refractivity contribution in [3.8, 4) is 5.75 Å². The van der Waals surface area contributed by atoms with E-state index in [0.717, 1.165) is 19.9 Å². The van der Waals surface area contributed by atoms with E-state index >= 15 is 0 Å². The average molecular weight is 418 g/mol. The summed E-state index contributed by atoms with van der Waals surface area (Å²) in [5, 5.41) is 0. The highest BCUT2D eigenvalue weighted by Gasteiger charge is 2.09. The van der Waals surface area contributed by atoms with Crippen LogP contribution in [0.1, 0.15) is 15.9 Å². The number of carbonyl (C=O) groups excluding carboxylic acids is 1. The number of hydrogen-bond acceptors (Lipinski definition) is 3. The minimum atomic E-state index is 0.395. The number of aldehydes is 1. The lowest BCUT2D eigenvalue weighted by Crippen LogP contribution is -2.00. The molecule has 2 aromatic rings. The first kappa shape index (κ1) is 13.5. The quantitative estimate of drug-likeness (QED) is 0.560. The van der Waals surface area contributed by atoms with Crippen molar-refractivity contribution in [1.82, 2.24) is 4.98 Å². The Bertz CT molecular complexity index is 560. The normalized spacial score (nSPS) is 10.1. The van der Waals surface area contributed by atoms with Crippen LogP contribution in [0, 0.1) is 3.57 Å². The molecule has 0 radical (unpaired) electrons. The molecule has 92 valence electrons. The SMILES string of the molecule is O=Cc1cc(Br)cc(I)c1OCc1cccnc1. The Labute approximate surface area is 127 Å². The van der Waals surface area contributed by atoms with Crippen molar-refractivity contribution < 1.29 is 9.53 Å². The van der Waals surface area contributed by atoms with Crippen molar-refractivity contribution in [2.45, 2.75) is 6.61 Å². The minimum Gasteiger partial charge on any atom is -0.487 e. The Kier molecular flexibility index (Phi) is 4.71. The summed E-state index contributed by atoms with van der Waals surface area (Å²) in [6.07, 6.45) is 4.25. The van der Waals surface area contributed by atoms with Crippen molar-refractivity contribution in [2.75, 3.05) is 0 Å². The van der Waals surface area contributed by atoms with Crippen LogP contribution < -0.4 is 4.74 Å². The molecule has 5 heteroatoms. The number of nitrogens with zero attached hydrogens (tertiary/aromatic N) is 1. The second-order valence-corrected chi connectivity index (χ2v) is 5.65. The lowest BCUT2D eigenvalue weighted by Gasteiger charge is -2.11. The molecule has 0 N–H and O–H groups in total. The van der Waals surface area contributed by atoms with E-state index in [2.05, 4.69) is 43.5 Å². The third-order valence-electron chi connectivity index (χ3n) is 2.27. The lowest BCUT2D eigenvalue weighted by molar-refractivity contribution is 0.111. The summed E-state index contributed by atoms with van der Waals surface area (Å²) >= 11 is 5.50. The van der Waals surface area contributed by atoms with Crippen molar-refractivity contribution in [3.05, 3.63) is 55.8 Å². The maximum Gasteiger partial charge on any atom is 0.153 e. The number of rotatable bonds is 4. The third kappa shape index (κ3) is 3.29. The Morgan fingerprint density at radius 3 is 2.94 bits per heavy atom. The van der Waals surface area contributed by atoms with Crippen LogP contribution in [0.15, 0.2) is 41.1 Å². The Morgan fingerprint density at radius 1 is 1.44 bits per heavy atom. The summed E-state index contributed by atoms with van der Waals surface area (Å²) in [5.74, 6) is 0.609. The minimum absolute atomic E-state index is 0.395. The number of carbonyl (C=O) groups is 1. The fourth-order valence-electron chi connectivity index (χ4n) is 1.46. The van der Waals surface area contributed by atoms with Gasteiger partial charge in [-0.2, -0.15) is 0 Å². The highest BCUT2D eigenvalue weighted by molar-refractivity contribution is 14.1. The smallest absolute Gasteiger partial charge is 0.153 e. The molecule has 0 saturated heterocycles. The van der Waals surface area contributed by atoms with Crippen LogP contribution in [0.5, 0.6) is 5.75 Å². The van der Waals surface area contributed by atoms with Gasteiger partial charge in [-0.25, -0.2) is 0 Å². The van der Waals surface area contributed by atoms with Crippen LogP contribution in [0.3, 0.4) is 0 Å². The molecule has 0 saturated carbocycles. The van der Waals surface area contributed by atoms with Crippen LogP contribution >= 0.6 is 38.5 Å². The van der Waals surface area contributed by atoms with E-state index < -0.39 is 0 Å². The van der Waals surface area contributed by atoms with Gasteiger partial charge in [0.15, 0.2) is 6.29 Å². The van der Waals surface area contributed by atoms with Crippen LogP contribution in [-0.4, -0.2) is 11.3 Å². The Hall–Kier alpha value is -0.950. The summed E-state index contributed by atoms with van der Waals surface area (Å²) in [5.41, 5.74) is 1.51. The molecule has 3 nitrogen and oxygen atoms in total. The Morgan fingerprint density at radius 2 is 2.28 bits per heavy atom. The van der Waals surface area contributed by atoms with Gasteiger partial charge in [-0.15, -0.1) is 0 Å². The fraction of sp³-hybridized carbons (Fsp3) is 0.0769. The molecule has 18 heavy (non-hydrogen) atoms. The molecule has 0 fully saturated rings. The summed E-state index contributed by atoms with van der Waals surface area (Å²) < 4.78 is 7.46.